The topological polar surface area (TPSA) is 12.9 Å². The van der Waals surface area contributed by atoms with Gasteiger partial charge in [-0.25, -0.2) is 0 Å². The number of rotatable bonds is 1. The summed E-state index contributed by atoms with van der Waals surface area (Å²) < 4.78 is 45.4. The van der Waals surface area contributed by atoms with Gasteiger partial charge in [-0.15, -0.1) is 0 Å². The molecule has 0 spiro atoms. The molecule has 0 radical (unpaired) electrons. The Balaban J connectivity index is 2.77. The van der Waals surface area contributed by atoms with E-state index in [-0.39, 0.29) is 16.8 Å². The van der Waals surface area contributed by atoms with Gasteiger partial charge < -0.3 is 0 Å². The first-order valence-electron chi connectivity index (χ1n) is 7.26. The molecule has 14 heavy (non-hydrogen) atoms. The van der Waals surface area contributed by atoms with Crippen molar-refractivity contribution in [1.29, 1.82) is 0 Å². The van der Waals surface area contributed by atoms with Gasteiger partial charge in [-0.05, 0) is 30.9 Å². The SMILES string of the molecule is [2H]C([2H])([2H])c1ccnc(-c2ccccc2)c1C([2H])([2H])[2H]. The Hall–Kier alpha value is -1.63. The molecule has 0 aliphatic carbocycles. The van der Waals surface area contributed by atoms with E-state index in [9.17, 15) is 0 Å². The fraction of sp³-hybridized carbons (Fsp3) is 0.154. The first kappa shape index (κ1) is 4.26. The zero-order valence-electron chi connectivity index (χ0n) is 13.5. The Labute approximate surface area is 92.9 Å². The fourth-order valence-electron chi connectivity index (χ4n) is 1.28. The van der Waals surface area contributed by atoms with E-state index in [4.69, 9.17) is 8.22 Å². The van der Waals surface area contributed by atoms with E-state index in [2.05, 4.69) is 4.98 Å². The maximum atomic E-state index is 7.63. The molecule has 2 rings (SSSR count). The molecular formula is C13H13N. The molecule has 1 aromatic carbocycles. The van der Waals surface area contributed by atoms with Crippen molar-refractivity contribution < 1.29 is 8.22 Å². The molecule has 1 heteroatoms. The second kappa shape index (κ2) is 3.62. The first-order valence-corrected chi connectivity index (χ1v) is 4.26. The molecule has 0 N–H and O–H groups in total. The zero-order chi connectivity index (χ0) is 15.0. The van der Waals surface area contributed by atoms with Crippen LogP contribution in [-0.2, 0) is 0 Å². The van der Waals surface area contributed by atoms with Crippen LogP contribution in [0.1, 0.15) is 19.4 Å². The summed E-state index contributed by atoms with van der Waals surface area (Å²) in [6.07, 6.45) is 1.33. The first-order chi connectivity index (χ1) is 9.21. The average molecular weight is 189 g/mol. The smallest absolute Gasteiger partial charge is 0.0733 e. The number of aryl methyl sites for hydroxylation is 1. The minimum absolute atomic E-state index is 0.175. The summed E-state index contributed by atoms with van der Waals surface area (Å²) in [7, 11) is 0. The van der Waals surface area contributed by atoms with Crippen molar-refractivity contribution in [2.45, 2.75) is 13.7 Å². The number of hydrogen-bond donors (Lipinski definition) is 0. The van der Waals surface area contributed by atoms with E-state index in [1.165, 1.54) is 12.3 Å². The summed E-state index contributed by atoms with van der Waals surface area (Å²) in [5.74, 6) is 0. The van der Waals surface area contributed by atoms with E-state index in [0.29, 0.717) is 5.56 Å². The largest absolute Gasteiger partial charge is 0.256 e. The molecule has 0 bridgehead atoms. The second-order valence-corrected chi connectivity index (χ2v) is 2.95. The number of hydrogen-bond acceptors (Lipinski definition) is 1. The predicted molar refractivity (Wildman–Crippen MR) is 59.1 cm³/mol. The van der Waals surface area contributed by atoms with Gasteiger partial charge in [0.2, 0.25) is 0 Å². The fourth-order valence-corrected chi connectivity index (χ4v) is 1.28. The van der Waals surface area contributed by atoms with E-state index in [0.717, 1.165) is 0 Å². The third-order valence-electron chi connectivity index (χ3n) is 2.00. The highest BCUT2D eigenvalue weighted by molar-refractivity contribution is 5.63. The monoisotopic (exact) mass is 189 g/mol. The lowest BCUT2D eigenvalue weighted by Crippen LogP contribution is -1.90. The van der Waals surface area contributed by atoms with Crippen molar-refractivity contribution in [2.75, 3.05) is 0 Å². The maximum Gasteiger partial charge on any atom is 0.0733 e. The van der Waals surface area contributed by atoms with Gasteiger partial charge in [0.1, 0.15) is 0 Å². The molecular weight excluding hydrogens is 170 g/mol. The molecule has 0 unspecified atom stereocenters. The Morgan fingerprint density at radius 1 is 1.07 bits per heavy atom. The van der Waals surface area contributed by atoms with Crippen molar-refractivity contribution in [3.8, 4) is 11.3 Å². The van der Waals surface area contributed by atoms with E-state index < -0.39 is 13.7 Å². The molecule has 0 saturated heterocycles. The maximum absolute atomic E-state index is 7.63. The van der Waals surface area contributed by atoms with Gasteiger partial charge in [0, 0.05) is 20.0 Å². The summed E-state index contributed by atoms with van der Waals surface area (Å²) >= 11 is 0. The van der Waals surface area contributed by atoms with Gasteiger partial charge in [-0.2, -0.15) is 0 Å². The van der Waals surface area contributed by atoms with Crippen molar-refractivity contribution >= 4 is 0 Å². The molecule has 0 amide bonds. The zero-order valence-corrected chi connectivity index (χ0v) is 7.49. The Bertz CT molecular complexity index is 600. The van der Waals surface area contributed by atoms with Crippen LogP contribution in [0.15, 0.2) is 42.6 Å². The Kier molecular flexibility index (Phi) is 1.10. The molecule has 0 saturated carbocycles. The number of benzene rings is 1. The van der Waals surface area contributed by atoms with Crippen LogP contribution in [0.25, 0.3) is 11.3 Å². The lowest BCUT2D eigenvalue weighted by atomic mass is 10.0. The molecule has 1 nitrogen and oxygen atoms in total. The van der Waals surface area contributed by atoms with Crippen LogP contribution in [0, 0.1) is 13.7 Å². The minimum atomic E-state index is -2.54. The average Bonchev–Trinajstić information content (AvgIpc) is 2.37. The van der Waals surface area contributed by atoms with Crippen LogP contribution in [0.3, 0.4) is 0 Å². The quantitative estimate of drug-likeness (QED) is 0.670. The highest BCUT2D eigenvalue weighted by Crippen LogP contribution is 2.21. The highest BCUT2D eigenvalue weighted by atomic mass is 14.7. The van der Waals surface area contributed by atoms with Gasteiger partial charge >= 0.3 is 0 Å². The van der Waals surface area contributed by atoms with Crippen LogP contribution in [0.4, 0.5) is 0 Å². The molecule has 2 aromatic rings. The molecule has 1 heterocycles. The van der Waals surface area contributed by atoms with E-state index in [1.807, 2.05) is 0 Å². The second-order valence-electron chi connectivity index (χ2n) is 2.95. The lowest BCUT2D eigenvalue weighted by molar-refractivity contribution is 1.22. The molecule has 0 aliphatic heterocycles. The summed E-state index contributed by atoms with van der Waals surface area (Å²) in [5.41, 5.74) is 0.404. The van der Waals surface area contributed by atoms with Gasteiger partial charge in [0.25, 0.3) is 0 Å². The van der Waals surface area contributed by atoms with Crippen molar-refractivity contribution in [1.82, 2.24) is 4.98 Å². The van der Waals surface area contributed by atoms with Crippen LogP contribution in [0.2, 0.25) is 0 Å². The molecule has 0 atom stereocenters. The molecule has 70 valence electrons. The minimum Gasteiger partial charge on any atom is -0.256 e. The van der Waals surface area contributed by atoms with Gasteiger partial charge in [0.15, 0.2) is 0 Å². The third-order valence-corrected chi connectivity index (χ3v) is 2.00. The lowest BCUT2D eigenvalue weighted by Gasteiger charge is -2.06. The summed E-state index contributed by atoms with van der Waals surface area (Å²) in [6, 6.07) is 9.97. The summed E-state index contributed by atoms with van der Waals surface area (Å²) in [5, 5.41) is 0. The molecule has 0 aliphatic rings. The van der Waals surface area contributed by atoms with Gasteiger partial charge in [-0.3, -0.25) is 4.98 Å². The van der Waals surface area contributed by atoms with Crippen LogP contribution >= 0.6 is 0 Å². The Morgan fingerprint density at radius 3 is 2.64 bits per heavy atom. The molecule has 0 fully saturated rings. The predicted octanol–water partition coefficient (Wildman–Crippen LogP) is 3.37. The van der Waals surface area contributed by atoms with Crippen molar-refractivity contribution in [2.24, 2.45) is 0 Å². The van der Waals surface area contributed by atoms with Crippen LogP contribution < -0.4 is 0 Å². The molecule has 1 aromatic heterocycles. The summed E-state index contributed by atoms with van der Waals surface area (Å²) in [4.78, 5) is 4.08. The van der Waals surface area contributed by atoms with E-state index in [1.54, 1.807) is 30.3 Å². The van der Waals surface area contributed by atoms with Crippen molar-refractivity contribution in [3.05, 3.63) is 53.7 Å². The van der Waals surface area contributed by atoms with Crippen LogP contribution in [0.5, 0.6) is 0 Å². The Morgan fingerprint density at radius 2 is 1.93 bits per heavy atom. The van der Waals surface area contributed by atoms with Crippen LogP contribution in [-0.4, -0.2) is 4.98 Å². The standard InChI is InChI=1S/C13H13N/c1-10-8-9-14-13(11(10)2)12-6-4-3-5-7-12/h3-9H,1-2H3/i1D3,2D3. The van der Waals surface area contributed by atoms with Gasteiger partial charge in [0.05, 0.1) is 5.69 Å². The normalized spacial score (nSPS) is 18.3. The number of nitrogens with zero attached hydrogens (tertiary/aromatic N) is 1. The van der Waals surface area contributed by atoms with Gasteiger partial charge in [-0.1, -0.05) is 30.3 Å². The highest BCUT2D eigenvalue weighted by Gasteiger charge is 2.03. The van der Waals surface area contributed by atoms with Crippen molar-refractivity contribution in [3.63, 3.8) is 0 Å². The number of pyridine rings is 1. The van der Waals surface area contributed by atoms with E-state index >= 15 is 0 Å². The number of aromatic nitrogens is 1. The third kappa shape index (κ3) is 1.53. The summed E-state index contributed by atoms with van der Waals surface area (Å²) in [6.45, 7) is -5.03.